The lowest BCUT2D eigenvalue weighted by molar-refractivity contribution is 0.102. The highest BCUT2D eigenvalue weighted by molar-refractivity contribution is 7.90. The van der Waals surface area contributed by atoms with E-state index in [-0.39, 0.29) is 10.6 Å². The molecule has 2 rings (SSSR count). The van der Waals surface area contributed by atoms with Crippen molar-refractivity contribution in [2.75, 3.05) is 11.6 Å². The second kappa shape index (κ2) is 5.38. The molecule has 1 amide bonds. The van der Waals surface area contributed by atoms with Gasteiger partial charge in [-0.25, -0.2) is 13.4 Å². The Morgan fingerprint density at radius 3 is 2.55 bits per heavy atom. The van der Waals surface area contributed by atoms with E-state index in [0.717, 1.165) is 6.26 Å². The van der Waals surface area contributed by atoms with E-state index in [4.69, 9.17) is 0 Å². The molecule has 104 valence electrons. The molecule has 0 bridgehead atoms. The van der Waals surface area contributed by atoms with Crippen LogP contribution in [0, 0.1) is 6.92 Å². The second-order valence-electron chi connectivity index (χ2n) is 4.30. The molecule has 2 aromatic rings. The van der Waals surface area contributed by atoms with Crippen molar-refractivity contribution < 1.29 is 13.2 Å². The van der Waals surface area contributed by atoms with Gasteiger partial charge in [0.2, 0.25) is 0 Å². The molecule has 20 heavy (non-hydrogen) atoms. The first-order valence-electron chi connectivity index (χ1n) is 5.76. The van der Waals surface area contributed by atoms with E-state index >= 15 is 0 Å². The minimum atomic E-state index is -3.31. The van der Waals surface area contributed by atoms with Crippen molar-refractivity contribution in [2.24, 2.45) is 0 Å². The zero-order valence-electron chi connectivity index (χ0n) is 11.0. The SMILES string of the molecule is Cc1cnc(C(=O)Nc2cccc(S(C)(=O)=O)c2)cn1. The van der Waals surface area contributed by atoms with Gasteiger partial charge in [-0.2, -0.15) is 0 Å². The molecular weight excluding hydrogens is 278 g/mol. The Bertz CT molecular complexity index is 740. The molecule has 1 heterocycles. The molecule has 0 fully saturated rings. The predicted octanol–water partition coefficient (Wildman–Crippen LogP) is 1.44. The van der Waals surface area contributed by atoms with Crippen LogP contribution in [0.15, 0.2) is 41.6 Å². The number of anilines is 1. The molecule has 0 atom stereocenters. The van der Waals surface area contributed by atoms with E-state index in [1.807, 2.05) is 0 Å². The lowest BCUT2D eigenvalue weighted by atomic mass is 10.3. The maximum Gasteiger partial charge on any atom is 0.275 e. The highest BCUT2D eigenvalue weighted by Crippen LogP contribution is 2.15. The Kier molecular flexibility index (Phi) is 3.80. The molecule has 7 heteroatoms. The number of benzene rings is 1. The first-order valence-corrected chi connectivity index (χ1v) is 7.65. The zero-order chi connectivity index (χ0) is 14.8. The van der Waals surface area contributed by atoms with Crippen molar-refractivity contribution in [3.8, 4) is 0 Å². The fourth-order valence-corrected chi connectivity index (χ4v) is 2.18. The average molecular weight is 291 g/mol. The lowest BCUT2D eigenvalue weighted by Gasteiger charge is -2.06. The van der Waals surface area contributed by atoms with Crippen molar-refractivity contribution in [3.63, 3.8) is 0 Å². The molecule has 0 unspecified atom stereocenters. The van der Waals surface area contributed by atoms with Crippen LogP contribution in [-0.4, -0.2) is 30.5 Å². The topological polar surface area (TPSA) is 89.0 Å². The van der Waals surface area contributed by atoms with Gasteiger partial charge in [-0.15, -0.1) is 0 Å². The maximum absolute atomic E-state index is 11.9. The van der Waals surface area contributed by atoms with Gasteiger partial charge in [0, 0.05) is 18.1 Å². The Hall–Kier alpha value is -2.28. The number of hydrogen-bond donors (Lipinski definition) is 1. The van der Waals surface area contributed by atoms with Crippen LogP contribution in [0.1, 0.15) is 16.2 Å². The van der Waals surface area contributed by atoms with Gasteiger partial charge in [0.25, 0.3) is 5.91 Å². The summed E-state index contributed by atoms with van der Waals surface area (Å²) in [6, 6.07) is 6.03. The van der Waals surface area contributed by atoms with Crippen LogP contribution in [0.25, 0.3) is 0 Å². The highest BCUT2D eigenvalue weighted by Gasteiger charge is 2.11. The fourth-order valence-electron chi connectivity index (χ4n) is 1.51. The van der Waals surface area contributed by atoms with E-state index < -0.39 is 15.7 Å². The van der Waals surface area contributed by atoms with Crippen LogP contribution >= 0.6 is 0 Å². The molecular formula is C13H13N3O3S. The second-order valence-corrected chi connectivity index (χ2v) is 6.31. The molecule has 0 aliphatic heterocycles. The van der Waals surface area contributed by atoms with Crippen molar-refractivity contribution >= 4 is 21.4 Å². The number of hydrogen-bond acceptors (Lipinski definition) is 5. The van der Waals surface area contributed by atoms with E-state index in [9.17, 15) is 13.2 Å². The quantitative estimate of drug-likeness (QED) is 0.924. The molecule has 0 saturated heterocycles. The van der Waals surface area contributed by atoms with Crippen molar-refractivity contribution in [3.05, 3.63) is 48.0 Å². The van der Waals surface area contributed by atoms with Gasteiger partial charge >= 0.3 is 0 Å². The number of nitrogens with one attached hydrogen (secondary N) is 1. The summed E-state index contributed by atoms with van der Waals surface area (Å²) in [6.45, 7) is 1.77. The van der Waals surface area contributed by atoms with Gasteiger partial charge < -0.3 is 5.32 Å². The van der Waals surface area contributed by atoms with Crippen LogP contribution in [0.3, 0.4) is 0 Å². The minimum Gasteiger partial charge on any atom is -0.321 e. The fraction of sp³-hybridized carbons (Fsp3) is 0.154. The third-order valence-electron chi connectivity index (χ3n) is 2.53. The maximum atomic E-state index is 11.9. The summed E-state index contributed by atoms with van der Waals surface area (Å²) in [5.41, 5.74) is 1.27. The summed E-state index contributed by atoms with van der Waals surface area (Å²) in [5, 5.41) is 2.58. The molecule has 0 radical (unpaired) electrons. The normalized spacial score (nSPS) is 11.1. The first-order chi connectivity index (χ1) is 9.36. The number of carbonyl (C=O) groups is 1. The van der Waals surface area contributed by atoms with Gasteiger partial charge in [-0.1, -0.05) is 6.07 Å². The standard InChI is InChI=1S/C13H13N3O3S/c1-9-7-15-12(8-14-9)13(17)16-10-4-3-5-11(6-10)20(2,18)19/h3-8H,1-2H3,(H,16,17). The largest absolute Gasteiger partial charge is 0.321 e. The number of rotatable bonds is 3. The van der Waals surface area contributed by atoms with Crippen molar-refractivity contribution in [2.45, 2.75) is 11.8 Å². The summed E-state index contributed by atoms with van der Waals surface area (Å²) in [6.07, 6.45) is 3.96. The van der Waals surface area contributed by atoms with Crippen molar-refractivity contribution in [1.29, 1.82) is 0 Å². The van der Waals surface area contributed by atoms with E-state index in [1.165, 1.54) is 24.5 Å². The third kappa shape index (κ3) is 3.39. The van der Waals surface area contributed by atoms with Crippen LogP contribution < -0.4 is 5.32 Å². The van der Waals surface area contributed by atoms with Crippen LogP contribution in [0.5, 0.6) is 0 Å². The van der Waals surface area contributed by atoms with Gasteiger partial charge in [-0.05, 0) is 25.1 Å². The molecule has 0 aliphatic carbocycles. The molecule has 0 aliphatic rings. The summed E-state index contributed by atoms with van der Waals surface area (Å²) in [5.74, 6) is -0.442. The van der Waals surface area contributed by atoms with E-state index in [0.29, 0.717) is 11.4 Å². The van der Waals surface area contributed by atoms with Gasteiger partial charge in [0.05, 0.1) is 16.8 Å². The summed E-state index contributed by atoms with van der Waals surface area (Å²) in [7, 11) is -3.31. The Balaban J connectivity index is 2.22. The Morgan fingerprint density at radius 2 is 1.95 bits per heavy atom. The highest BCUT2D eigenvalue weighted by atomic mass is 32.2. The van der Waals surface area contributed by atoms with Crippen LogP contribution in [0.4, 0.5) is 5.69 Å². The number of nitrogens with zero attached hydrogens (tertiary/aromatic N) is 2. The zero-order valence-corrected chi connectivity index (χ0v) is 11.8. The average Bonchev–Trinajstić information content (AvgIpc) is 2.38. The first kappa shape index (κ1) is 14.1. The Morgan fingerprint density at radius 1 is 1.20 bits per heavy atom. The molecule has 0 spiro atoms. The molecule has 0 saturated carbocycles. The van der Waals surface area contributed by atoms with Crippen LogP contribution in [0.2, 0.25) is 0 Å². The molecule has 1 N–H and O–H groups in total. The summed E-state index contributed by atoms with van der Waals surface area (Å²) >= 11 is 0. The van der Waals surface area contributed by atoms with E-state index in [1.54, 1.807) is 19.1 Å². The third-order valence-corrected chi connectivity index (χ3v) is 3.64. The number of aryl methyl sites for hydroxylation is 1. The summed E-state index contributed by atoms with van der Waals surface area (Å²) < 4.78 is 22.9. The van der Waals surface area contributed by atoms with Gasteiger partial charge in [0.1, 0.15) is 5.69 Å². The number of amides is 1. The minimum absolute atomic E-state index is 0.144. The summed E-state index contributed by atoms with van der Waals surface area (Å²) in [4.78, 5) is 20.0. The van der Waals surface area contributed by atoms with Gasteiger partial charge in [-0.3, -0.25) is 9.78 Å². The van der Waals surface area contributed by atoms with Gasteiger partial charge in [0.15, 0.2) is 9.84 Å². The molecule has 1 aromatic heterocycles. The molecule has 1 aromatic carbocycles. The van der Waals surface area contributed by atoms with Crippen molar-refractivity contribution in [1.82, 2.24) is 9.97 Å². The monoisotopic (exact) mass is 291 g/mol. The smallest absolute Gasteiger partial charge is 0.275 e. The van der Waals surface area contributed by atoms with Crippen LogP contribution in [-0.2, 0) is 9.84 Å². The number of aromatic nitrogens is 2. The lowest BCUT2D eigenvalue weighted by Crippen LogP contribution is -2.14. The molecule has 6 nitrogen and oxygen atoms in total. The van der Waals surface area contributed by atoms with E-state index in [2.05, 4.69) is 15.3 Å². The predicted molar refractivity (Wildman–Crippen MR) is 74.3 cm³/mol. The number of sulfone groups is 1. The Labute approximate surface area is 116 Å². The number of carbonyl (C=O) groups excluding carboxylic acids is 1.